The van der Waals surface area contributed by atoms with Gasteiger partial charge in [-0.15, -0.1) is 0 Å². The van der Waals surface area contributed by atoms with E-state index in [9.17, 15) is 28.8 Å². The molecule has 13 heteroatoms. The van der Waals surface area contributed by atoms with Crippen LogP contribution in [0.5, 0.6) is 0 Å². The number of carbonyl (C=O) groups is 6. The van der Waals surface area contributed by atoms with Crippen molar-refractivity contribution in [1.29, 1.82) is 0 Å². The summed E-state index contributed by atoms with van der Waals surface area (Å²) in [4.78, 5) is 69.3. The topological polar surface area (TPSA) is 170 Å². The fourth-order valence-electron chi connectivity index (χ4n) is 2.71. The van der Waals surface area contributed by atoms with Gasteiger partial charge < -0.3 is 33.7 Å². The molecule has 174 valence electrons. The molecule has 1 heterocycles. The van der Waals surface area contributed by atoms with E-state index in [4.69, 9.17) is 23.7 Å². The van der Waals surface area contributed by atoms with Crippen LogP contribution in [0.2, 0.25) is 0 Å². The van der Waals surface area contributed by atoms with Gasteiger partial charge in [-0.25, -0.2) is 0 Å². The van der Waals surface area contributed by atoms with Gasteiger partial charge in [-0.05, 0) is 0 Å². The van der Waals surface area contributed by atoms with Crippen molar-refractivity contribution in [3.63, 3.8) is 0 Å². The van der Waals surface area contributed by atoms with Crippen molar-refractivity contribution in [3.8, 4) is 0 Å². The Labute approximate surface area is 177 Å². The molecule has 0 bridgehead atoms. The average Bonchev–Trinajstić information content (AvgIpc) is 2.62. The van der Waals surface area contributed by atoms with Gasteiger partial charge >= 0.3 is 29.8 Å². The predicted octanol–water partition coefficient (Wildman–Crippen LogP) is -1.25. The van der Waals surface area contributed by atoms with Gasteiger partial charge in [0, 0.05) is 34.6 Å². The van der Waals surface area contributed by atoms with Crippen molar-refractivity contribution in [2.24, 2.45) is 0 Å². The number of nitrogens with one attached hydrogen (secondary N) is 1. The Morgan fingerprint density at radius 3 is 1.71 bits per heavy atom. The molecule has 5 atom stereocenters. The van der Waals surface area contributed by atoms with Crippen molar-refractivity contribution >= 4 is 35.8 Å². The third kappa shape index (κ3) is 8.99. The first-order chi connectivity index (χ1) is 14.4. The van der Waals surface area contributed by atoms with Crippen molar-refractivity contribution < 1.29 is 57.2 Å². The molecular formula is C18H25NO12. The lowest BCUT2D eigenvalue weighted by atomic mass is 9.96. The first kappa shape index (κ1) is 25.8. The summed E-state index contributed by atoms with van der Waals surface area (Å²) in [5.74, 6) is -4.62. The summed E-state index contributed by atoms with van der Waals surface area (Å²) in [6, 6.07) is -1.35. The van der Waals surface area contributed by atoms with Crippen LogP contribution < -0.4 is 5.32 Å². The van der Waals surface area contributed by atoms with Gasteiger partial charge in [0.15, 0.2) is 18.8 Å². The van der Waals surface area contributed by atoms with E-state index < -0.39 is 79.6 Å². The Morgan fingerprint density at radius 1 is 0.710 bits per heavy atom. The zero-order valence-corrected chi connectivity index (χ0v) is 17.7. The van der Waals surface area contributed by atoms with E-state index in [2.05, 4.69) is 10.1 Å². The van der Waals surface area contributed by atoms with Crippen LogP contribution in [0.3, 0.4) is 0 Å². The first-order valence-corrected chi connectivity index (χ1v) is 9.14. The second-order valence-electron chi connectivity index (χ2n) is 6.48. The van der Waals surface area contributed by atoms with E-state index in [0.29, 0.717) is 0 Å². The lowest BCUT2D eigenvalue weighted by molar-refractivity contribution is -0.271. The molecule has 0 saturated carbocycles. The molecule has 13 nitrogen and oxygen atoms in total. The number of amides is 1. The maximum Gasteiger partial charge on any atom is 0.305 e. The molecule has 0 spiro atoms. The average molecular weight is 447 g/mol. The number of rotatable bonds is 8. The van der Waals surface area contributed by atoms with Crippen LogP contribution in [0, 0.1) is 0 Å². The Balaban J connectivity index is 3.29. The molecule has 0 radical (unpaired) electrons. The molecule has 1 aliphatic heterocycles. The molecule has 0 unspecified atom stereocenters. The van der Waals surface area contributed by atoms with E-state index in [1.54, 1.807) is 0 Å². The Morgan fingerprint density at radius 2 is 1.23 bits per heavy atom. The van der Waals surface area contributed by atoms with Gasteiger partial charge in [-0.2, -0.15) is 0 Å². The highest BCUT2D eigenvalue weighted by atomic mass is 16.7. The molecule has 1 rings (SSSR count). The van der Waals surface area contributed by atoms with Gasteiger partial charge in [0.2, 0.25) is 6.29 Å². The van der Waals surface area contributed by atoms with Gasteiger partial charge in [-0.1, -0.05) is 0 Å². The van der Waals surface area contributed by atoms with Crippen LogP contribution in [-0.2, 0) is 57.2 Å². The summed E-state index contributed by atoms with van der Waals surface area (Å²) in [6.45, 7) is 4.34. The maximum absolute atomic E-state index is 12.2. The lowest BCUT2D eigenvalue weighted by Gasteiger charge is -2.44. The first-order valence-electron chi connectivity index (χ1n) is 9.14. The SMILES string of the molecule is CC(=O)OCC(=O)N[C@@H]1[C@@H](OC(C)=O)O[C@H](COC(C)=O)[C@@H](OC(C)=O)[C@@H]1OC(C)=O. The second kappa shape index (κ2) is 11.8. The summed E-state index contributed by atoms with van der Waals surface area (Å²) < 4.78 is 30.6. The second-order valence-corrected chi connectivity index (χ2v) is 6.48. The molecule has 1 N–H and O–H groups in total. The fraction of sp³-hybridized carbons (Fsp3) is 0.667. The monoisotopic (exact) mass is 447 g/mol. The lowest BCUT2D eigenvalue weighted by Crippen LogP contribution is -2.67. The smallest absolute Gasteiger partial charge is 0.305 e. The molecule has 0 aromatic carbocycles. The minimum Gasteiger partial charge on any atom is -0.463 e. The maximum atomic E-state index is 12.2. The molecule has 0 aromatic heterocycles. The fourth-order valence-corrected chi connectivity index (χ4v) is 2.71. The highest BCUT2D eigenvalue weighted by molar-refractivity contribution is 5.80. The summed E-state index contributed by atoms with van der Waals surface area (Å²) >= 11 is 0. The third-order valence-electron chi connectivity index (χ3n) is 3.72. The molecule has 1 saturated heterocycles. The molecule has 1 amide bonds. The van der Waals surface area contributed by atoms with Crippen molar-refractivity contribution in [1.82, 2.24) is 5.32 Å². The summed E-state index contributed by atoms with van der Waals surface area (Å²) in [5.41, 5.74) is 0. The number of ether oxygens (including phenoxy) is 6. The molecule has 0 aromatic rings. The van der Waals surface area contributed by atoms with Crippen LogP contribution in [0.4, 0.5) is 0 Å². The highest BCUT2D eigenvalue weighted by Gasteiger charge is 2.52. The van der Waals surface area contributed by atoms with Crippen molar-refractivity contribution in [3.05, 3.63) is 0 Å². The van der Waals surface area contributed by atoms with Gasteiger partial charge in [0.1, 0.15) is 18.8 Å². The summed E-state index contributed by atoms with van der Waals surface area (Å²) in [7, 11) is 0. The van der Waals surface area contributed by atoms with Crippen LogP contribution >= 0.6 is 0 Å². The Bertz CT molecular complexity index is 720. The largest absolute Gasteiger partial charge is 0.463 e. The van der Waals surface area contributed by atoms with E-state index in [0.717, 1.165) is 34.6 Å². The minimum atomic E-state index is -1.52. The highest BCUT2D eigenvalue weighted by Crippen LogP contribution is 2.28. The van der Waals surface area contributed by atoms with Crippen molar-refractivity contribution in [2.45, 2.75) is 65.3 Å². The van der Waals surface area contributed by atoms with Crippen LogP contribution in [-0.4, -0.2) is 79.6 Å². The normalized spacial score (nSPS) is 24.9. The van der Waals surface area contributed by atoms with E-state index in [1.807, 2.05) is 0 Å². The number of hydrogen-bond acceptors (Lipinski definition) is 12. The van der Waals surface area contributed by atoms with Crippen LogP contribution in [0.25, 0.3) is 0 Å². The molecule has 0 aliphatic carbocycles. The van der Waals surface area contributed by atoms with Gasteiger partial charge in [0.25, 0.3) is 5.91 Å². The van der Waals surface area contributed by atoms with Gasteiger partial charge in [-0.3, -0.25) is 28.8 Å². The predicted molar refractivity (Wildman–Crippen MR) is 96.7 cm³/mol. The van der Waals surface area contributed by atoms with E-state index >= 15 is 0 Å². The summed E-state index contributed by atoms with van der Waals surface area (Å²) in [6.07, 6.45) is -5.47. The van der Waals surface area contributed by atoms with Crippen LogP contribution in [0.1, 0.15) is 34.6 Å². The quantitative estimate of drug-likeness (QED) is 0.347. The Hall–Kier alpha value is -3.22. The number of hydrogen-bond donors (Lipinski definition) is 1. The van der Waals surface area contributed by atoms with E-state index in [1.165, 1.54) is 0 Å². The minimum absolute atomic E-state index is 0.434. The number of carbonyl (C=O) groups excluding carboxylic acids is 6. The summed E-state index contributed by atoms with van der Waals surface area (Å²) in [5, 5.41) is 2.38. The zero-order chi connectivity index (χ0) is 23.7. The van der Waals surface area contributed by atoms with E-state index in [-0.39, 0.29) is 0 Å². The standard InChI is InChI=1S/C18H25NO12/c1-8(20)26-6-13-16(28-10(3)22)17(29-11(4)23)15(18(31-13)30-12(5)24)19-14(25)7-27-9(2)21/h13,15-18H,6-7H2,1-5H3,(H,19,25)/t13-,15+,16-,17-,18+/m1/s1. The van der Waals surface area contributed by atoms with Crippen LogP contribution in [0.15, 0.2) is 0 Å². The molecule has 1 fully saturated rings. The van der Waals surface area contributed by atoms with Gasteiger partial charge in [0.05, 0.1) is 0 Å². The number of esters is 5. The third-order valence-corrected chi connectivity index (χ3v) is 3.72. The zero-order valence-electron chi connectivity index (χ0n) is 17.7. The molecule has 1 aliphatic rings. The molecule has 31 heavy (non-hydrogen) atoms. The Kier molecular flexibility index (Phi) is 9.86. The molecular weight excluding hydrogens is 422 g/mol. The van der Waals surface area contributed by atoms with Crippen molar-refractivity contribution in [2.75, 3.05) is 13.2 Å².